The minimum absolute atomic E-state index is 0.0223. The zero-order valence-electron chi connectivity index (χ0n) is 13.8. The molecule has 0 amide bonds. The van der Waals surface area contributed by atoms with E-state index in [1.54, 1.807) is 28.2 Å². The predicted molar refractivity (Wildman–Crippen MR) is 101 cm³/mol. The van der Waals surface area contributed by atoms with E-state index in [0.717, 1.165) is 52.1 Å². The van der Waals surface area contributed by atoms with Crippen molar-refractivity contribution in [3.63, 3.8) is 0 Å². The number of hydrogen-bond donors (Lipinski definition) is 0. The molecular weight excluding hydrogens is 338 g/mol. The van der Waals surface area contributed by atoms with E-state index < -0.39 is 0 Å². The minimum Gasteiger partial charge on any atom is -0.350 e. The molecule has 24 heavy (non-hydrogen) atoms. The number of thiophene rings is 2. The third-order valence-corrected chi connectivity index (χ3v) is 6.17. The van der Waals surface area contributed by atoms with Gasteiger partial charge in [0.15, 0.2) is 6.29 Å². The Morgan fingerprint density at radius 3 is 2.17 bits per heavy atom. The molecule has 3 nitrogen and oxygen atoms in total. The van der Waals surface area contributed by atoms with Gasteiger partial charge in [-0.3, -0.25) is 0 Å². The van der Waals surface area contributed by atoms with Gasteiger partial charge in [-0.05, 0) is 63.2 Å². The third kappa shape index (κ3) is 3.81. The number of ether oxygens (including phenoxy) is 2. The third-order valence-electron chi connectivity index (χ3n) is 4.80. The van der Waals surface area contributed by atoms with Crippen molar-refractivity contribution < 1.29 is 9.47 Å². The Morgan fingerprint density at radius 2 is 1.62 bits per heavy atom. The maximum absolute atomic E-state index is 5.55. The average molecular weight is 362 g/mol. The zero-order valence-corrected chi connectivity index (χ0v) is 15.4. The second-order valence-electron chi connectivity index (χ2n) is 6.30. The predicted octanol–water partition coefficient (Wildman–Crippen LogP) is 4.47. The summed E-state index contributed by atoms with van der Waals surface area (Å²) < 4.78 is 11.1. The molecule has 0 unspecified atom stereocenters. The number of rotatable bonds is 5. The van der Waals surface area contributed by atoms with Crippen LogP contribution in [0.2, 0.25) is 0 Å². The standard InChI is InChI=1S/C19H23NO2S2/c1-6-20(8-3-18-21-9-10-22-18)7-2-15(1)19(16-4-11-23-13-16)17-5-12-24-14-17/h4-5,11-14,18H,1-3,6-10H2. The van der Waals surface area contributed by atoms with E-state index in [9.17, 15) is 0 Å². The lowest BCUT2D eigenvalue weighted by molar-refractivity contribution is -0.0517. The van der Waals surface area contributed by atoms with E-state index in [2.05, 4.69) is 38.6 Å². The molecule has 0 aromatic carbocycles. The van der Waals surface area contributed by atoms with Crippen molar-refractivity contribution in [2.75, 3.05) is 32.8 Å². The van der Waals surface area contributed by atoms with Crippen LogP contribution in [0.3, 0.4) is 0 Å². The van der Waals surface area contributed by atoms with Crippen molar-refractivity contribution in [3.8, 4) is 0 Å². The first-order valence-corrected chi connectivity index (χ1v) is 10.5. The first-order chi connectivity index (χ1) is 11.9. The van der Waals surface area contributed by atoms with Gasteiger partial charge in [-0.1, -0.05) is 5.57 Å². The highest BCUT2D eigenvalue weighted by molar-refractivity contribution is 7.08. The van der Waals surface area contributed by atoms with Crippen molar-refractivity contribution in [2.45, 2.75) is 25.6 Å². The largest absolute Gasteiger partial charge is 0.350 e. The van der Waals surface area contributed by atoms with Gasteiger partial charge in [0.1, 0.15) is 0 Å². The van der Waals surface area contributed by atoms with Crippen LogP contribution in [0.25, 0.3) is 5.57 Å². The molecule has 0 atom stereocenters. The fourth-order valence-corrected chi connectivity index (χ4v) is 4.84. The van der Waals surface area contributed by atoms with E-state index in [1.807, 2.05) is 0 Å². The molecule has 128 valence electrons. The Morgan fingerprint density at radius 1 is 1.00 bits per heavy atom. The maximum atomic E-state index is 5.55. The Bertz CT molecular complexity index is 611. The molecule has 4 heterocycles. The van der Waals surface area contributed by atoms with E-state index in [1.165, 1.54) is 16.7 Å². The van der Waals surface area contributed by atoms with Crippen LogP contribution in [0, 0.1) is 0 Å². The molecule has 4 rings (SSSR count). The quantitative estimate of drug-likeness (QED) is 0.784. The molecule has 2 saturated heterocycles. The second kappa shape index (κ2) is 7.93. The number of piperidine rings is 1. The average Bonchev–Trinajstić information content (AvgIpc) is 3.38. The van der Waals surface area contributed by atoms with Crippen molar-refractivity contribution in [2.24, 2.45) is 0 Å². The van der Waals surface area contributed by atoms with Crippen LogP contribution in [-0.4, -0.2) is 44.0 Å². The Kier molecular flexibility index (Phi) is 5.45. The highest BCUT2D eigenvalue weighted by atomic mass is 32.1. The molecular formula is C19H23NO2S2. The summed E-state index contributed by atoms with van der Waals surface area (Å²) in [5, 5.41) is 8.92. The Hall–Kier alpha value is -0.980. The molecule has 2 aromatic rings. The van der Waals surface area contributed by atoms with Gasteiger partial charge >= 0.3 is 0 Å². The summed E-state index contributed by atoms with van der Waals surface area (Å²) in [5.74, 6) is 0. The Balaban J connectivity index is 1.43. The highest BCUT2D eigenvalue weighted by Gasteiger charge is 2.21. The van der Waals surface area contributed by atoms with E-state index in [-0.39, 0.29) is 6.29 Å². The van der Waals surface area contributed by atoms with Crippen molar-refractivity contribution in [1.82, 2.24) is 4.90 Å². The molecule has 0 N–H and O–H groups in total. The molecule has 2 fully saturated rings. The molecule has 5 heteroatoms. The molecule has 0 spiro atoms. The first-order valence-electron chi connectivity index (χ1n) is 8.63. The summed E-state index contributed by atoms with van der Waals surface area (Å²) in [6.45, 7) is 4.86. The summed E-state index contributed by atoms with van der Waals surface area (Å²) >= 11 is 3.57. The summed E-state index contributed by atoms with van der Waals surface area (Å²) in [6.07, 6.45) is 3.33. The van der Waals surface area contributed by atoms with Crippen molar-refractivity contribution in [1.29, 1.82) is 0 Å². The van der Waals surface area contributed by atoms with Crippen LogP contribution < -0.4 is 0 Å². The smallest absolute Gasteiger partial charge is 0.159 e. The maximum Gasteiger partial charge on any atom is 0.159 e. The highest BCUT2D eigenvalue weighted by Crippen LogP contribution is 2.34. The van der Waals surface area contributed by atoms with Gasteiger partial charge in [0.25, 0.3) is 0 Å². The van der Waals surface area contributed by atoms with Crippen LogP contribution in [0.4, 0.5) is 0 Å². The lowest BCUT2D eigenvalue weighted by atomic mass is 9.91. The fourth-order valence-electron chi connectivity index (χ4n) is 3.55. The van der Waals surface area contributed by atoms with Gasteiger partial charge in [0, 0.05) is 26.1 Å². The monoisotopic (exact) mass is 361 g/mol. The number of nitrogens with zero attached hydrogens (tertiary/aromatic N) is 1. The van der Waals surface area contributed by atoms with E-state index in [4.69, 9.17) is 9.47 Å². The van der Waals surface area contributed by atoms with Crippen LogP contribution in [0.5, 0.6) is 0 Å². The van der Waals surface area contributed by atoms with Gasteiger partial charge in [-0.25, -0.2) is 0 Å². The summed E-state index contributed by atoms with van der Waals surface area (Å²) in [7, 11) is 0. The normalized spacial score (nSPS) is 19.9. The minimum atomic E-state index is 0.0223. The lowest BCUT2D eigenvalue weighted by Gasteiger charge is -2.30. The van der Waals surface area contributed by atoms with Gasteiger partial charge in [0.2, 0.25) is 0 Å². The molecule has 0 saturated carbocycles. The molecule has 2 aliphatic rings. The van der Waals surface area contributed by atoms with Crippen LogP contribution in [0.15, 0.2) is 39.2 Å². The topological polar surface area (TPSA) is 21.7 Å². The van der Waals surface area contributed by atoms with Gasteiger partial charge in [-0.15, -0.1) is 0 Å². The molecule has 0 radical (unpaired) electrons. The van der Waals surface area contributed by atoms with Gasteiger partial charge in [-0.2, -0.15) is 22.7 Å². The molecule has 2 aliphatic heterocycles. The Labute approximate surface area is 151 Å². The lowest BCUT2D eigenvalue weighted by Crippen LogP contribution is -2.33. The molecule has 2 aromatic heterocycles. The fraction of sp³-hybridized carbons (Fsp3) is 0.474. The van der Waals surface area contributed by atoms with Crippen LogP contribution in [0.1, 0.15) is 30.4 Å². The van der Waals surface area contributed by atoms with Crippen molar-refractivity contribution >= 4 is 28.2 Å². The van der Waals surface area contributed by atoms with Crippen molar-refractivity contribution in [3.05, 3.63) is 50.4 Å². The number of likely N-dealkylation sites (tertiary alicyclic amines) is 1. The van der Waals surface area contributed by atoms with Gasteiger partial charge in [0.05, 0.1) is 13.2 Å². The summed E-state index contributed by atoms with van der Waals surface area (Å²) in [5.41, 5.74) is 5.85. The SMILES string of the molecule is c1cc(C(=C2CCN(CCC3OCCO3)CC2)c2ccsc2)cs1. The summed E-state index contributed by atoms with van der Waals surface area (Å²) in [4.78, 5) is 2.55. The van der Waals surface area contributed by atoms with E-state index >= 15 is 0 Å². The zero-order chi connectivity index (χ0) is 16.2. The number of hydrogen-bond acceptors (Lipinski definition) is 5. The van der Waals surface area contributed by atoms with Crippen LogP contribution in [-0.2, 0) is 9.47 Å². The van der Waals surface area contributed by atoms with Crippen LogP contribution >= 0.6 is 22.7 Å². The molecule has 0 bridgehead atoms. The second-order valence-corrected chi connectivity index (χ2v) is 7.86. The summed E-state index contributed by atoms with van der Waals surface area (Å²) in [6, 6.07) is 4.51. The molecule has 0 aliphatic carbocycles. The van der Waals surface area contributed by atoms with Gasteiger partial charge < -0.3 is 14.4 Å². The van der Waals surface area contributed by atoms with E-state index in [0.29, 0.717) is 0 Å². The first kappa shape index (κ1) is 16.5.